The maximum atomic E-state index is 12.3. The number of benzene rings is 2. The summed E-state index contributed by atoms with van der Waals surface area (Å²) in [6.07, 6.45) is 0.129. The molecule has 0 aliphatic rings. The van der Waals surface area contributed by atoms with Gasteiger partial charge in [-0.1, -0.05) is 19.1 Å². The Kier molecular flexibility index (Phi) is 8.29. The van der Waals surface area contributed by atoms with Gasteiger partial charge in [0.05, 0.1) is 11.3 Å². The van der Waals surface area contributed by atoms with Crippen molar-refractivity contribution in [1.29, 1.82) is 0 Å². The number of carboxylic acid groups (broad SMARTS) is 1. The third-order valence-electron chi connectivity index (χ3n) is 4.44. The first-order valence-corrected chi connectivity index (χ1v) is 10.9. The van der Waals surface area contributed by atoms with Crippen LogP contribution in [-0.4, -0.2) is 48.8 Å². The molecule has 0 unspecified atom stereocenters. The van der Waals surface area contributed by atoms with Crippen molar-refractivity contribution in [2.45, 2.75) is 25.9 Å². The Balaban J connectivity index is 1.97. The summed E-state index contributed by atoms with van der Waals surface area (Å²) in [6, 6.07) is 11.2. The molecule has 0 radical (unpaired) electrons. The zero-order valence-corrected chi connectivity index (χ0v) is 18.4. The van der Waals surface area contributed by atoms with Crippen LogP contribution in [0.25, 0.3) is 0 Å². The third kappa shape index (κ3) is 6.77. The number of carboxylic acids is 1. The van der Waals surface area contributed by atoms with Crippen molar-refractivity contribution in [3.8, 4) is 5.75 Å². The SMILES string of the molecule is CC[C@@H](C(=O)O)N(C)S(=O)(=O)NCc1ccc(OC(=O)c2ccc(N=C(N)N)cc2)cc1. The fraction of sp³-hybridized carbons (Fsp3) is 0.250. The quantitative estimate of drug-likeness (QED) is 0.174. The second-order valence-corrected chi connectivity index (χ2v) is 8.54. The molecule has 2 aromatic carbocycles. The maximum absolute atomic E-state index is 12.3. The molecule has 0 fully saturated rings. The second-order valence-electron chi connectivity index (χ2n) is 6.72. The molecule has 0 amide bonds. The van der Waals surface area contributed by atoms with E-state index in [9.17, 15) is 18.0 Å². The molecular weight excluding hydrogens is 438 g/mol. The lowest BCUT2D eigenvalue weighted by atomic mass is 10.2. The molecule has 2 rings (SSSR count). The monoisotopic (exact) mass is 463 g/mol. The van der Waals surface area contributed by atoms with Gasteiger partial charge in [0.25, 0.3) is 10.2 Å². The first-order valence-electron chi connectivity index (χ1n) is 9.49. The highest BCUT2D eigenvalue weighted by atomic mass is 32.2. The van der Waals surface area contributed by atoms with Crippen LogP contribution in [0.2, 0.25) is 0 Å². The van der Waals surface area contributed by atoms with Gasteiger partial charge in [-0.25, -0.2) is 9.79 Å². The molecule has 0 aliphatic heterocycles. The van der Waals surface area contributed by atoms with Gasteiger partial charge in [0.2, 0.25) is 0 Å². The predicted molar refractivity (Wildman–Crippen MR) is 119 cm³/mol. The number of aliphatic carboxylic acids is 1. The van der Waals surface area contributed by atoms with E-state index in [0.717, 1.165) is 4.31 Å². The van der Waals surface area contributed by atoms with E-state index in [1.807, 2.05) is 0 Å². The number of hydrogen-bond acceptors (Lipinski definition) is 6. The van der Waals surface area contributed by atoms with Crippen LogP contribution in [0.1, 0.15) is 29.3 Å². The largest absolute Gasteiger partial charge is 0.480 e. The summed E-state index contributed by atoms with van der Waals surface area (Å²) in [6.45, 7) is 1.52. The van der Waals surface area contributed by atoms with Crippen molar-refractivity contribution in [2.75, 3.05) is 7.05 Å². The lowest BCUT2D eigenvalue weighted by Crippen LogP contribution is -2.47. The lowest BCUT2D eigenvalue weighted by Gasteiger charge is -2.23. The molecule has 2 aromatic rings. The molecule has 0 saturated heterocycles. The Morgan fingerprint density at radius 2 is 1.72 bits per heavy atom. The maximum Gasteiger partial charge on any atom is 0.343 e. The molecule has 172 valence electrons. The molecular formula is C20H25N5O6S. The zero-order valence-electron chi connectivity index (χ0n) is 17.6. The first kappa shape index (κ1) is 24.8. The molecule has 1 atom stereocenters. The van der Waals surface area contributed by atoms with E-state index in [1.54, 1.807) is 31.2 Å². The lowest BCUT2D eigenvalue weighted by molar-refractivity contribution is -0.141. The first-order chi connectivity index (χ1) is 15.0. The number of likely N-dealkylation sites (N-methyl/N-ethyl adjacent to an activating group) is 1. The summed E-state index contributed by atoms with van der Waals surface area (Å²) in [7, 11) is -2.79. The Bertz CT molecular complexity index is 1080. The fourth-order valence-electron chi connectivity index (χ4n) is 2.69. The molecule has 0 saturated carbocycles. The normalized spacial score (nSPS) is 12.2. The molecule has 32 heavy (non-hydrogen) atoms. The number of esters is 1. The predicted octanol–water partition coefficient (Wildman–Crippen LogP) is 0.940. The van der Waals surface area contributed by atoms with Gasteiger partial charge in [-0.05, 0) is 48.4 Å². The van der Waals surface area contributed by atoms with Crippen LogP contribution in [0.15, 0.2) is 53.5 Å². The van der Waals surface area contributed by atoms with Gasteiger partial charge in [0.15, 0.2) is 5.96 Å². The summed E-state index contributed by atoms with van der Waals surface area (Å²) in [5.74, 6) is -1.64. The highest BCUT2D eigenvalue weighted by molar-refractivity contribution is 7.87. The molecule has 0 aliphatic carbocycles. The number of carbonyl (C=O) groups is 2. The Morgan fingerprint density at radius 1 is 1.12 bits per heavy atom. The highest BCUT2D eigenvalue weighted by Crippen LogP contribution is 2.17. The Morgan fingerprint density at radius 3 is 2.22 bits per heavy atom. The number of hydrogen-bond donors (Lipinski definition) is 4. The van der Waals surface area contributed by atoms with Gasteiger partial charge in [-0.15, -0.1) is 0 Å². The van der Waals surface area contributed by atoms with E-state index >= 15 is 0 Å². The number of guanidine groups is 1. The van der Waals surface area contributed by atoms with Crippen LogP contribution in [0.3, 0.4) is 0 Å². The molecule has 0 heterocycles. The van der Waals surface area contributed by atoms with Crippen molar-refractivity contribution < 1.29 is 27.9 Å². The molecule has 0 bridgehead atoms. The van der Waals surface area contributed by atoms with Crippen LogP contribution in [-0.2, 0) is 21.5 Å². The second kappa shape index (κ2) is 10.7. The average Bonchev–Trinajstić information content (AvgIpc) is 2.73. The van der Waals surface area contributed by atoms with Gasteiger partial charge in [0, 0.05) is 13.6 Å². The summed E-state index contributed by atoms with van der Waals surface area (Å²) in [4.78, 5) is 27.3. The van der Waals surface area contributed by atoms with Crippen LogP contribution in [0, 0.1) is 0 Å². The Hall–Kier alpha value is -3.48. The highest BCUT2D eigenvalue weighted by Gasteiger charge is 2.29. The van der Waals surface area contributed by atoms with E-state index in [0.29, 0.717) is 16.8 Å². The molecule has 6 N–H and O–H groups in total. The van der Waals surface area contributed by atoms with E-state index in [1.165, 1.54) is 31.3 Å². The van der Waals surface area contributed by atoms with Gasteiger partial charge < -0.3 is 21.3 Å². The number of aliphatic imine (C=N–C) groups is 1. The topological polar surface area (TPSA) is 177 Å². The van der Waals surface area contributed by atoms with Crippen molar-refractivity contribution in [3.63, 3.8) is 0 Å². The van der Waals surface area contributed by atoms with E-state index in [-0.39, 0.29) is 24.7 Å². The van der Waals surface area contributed by atoms with Gasteiger partial charge in [-0.2, -0.15) is 17.4 Å². The summed E-state index contributed by atoms with van der Waals surface area (Å²) < 4.78 is 33.1. The summed E-state index contributed by atoms with van der Waals surface area (Å²) in [5.41, 5.74) is 12.0. The van der Waals surface area contributed by atoms with Gasteiger partial charge in [-0.3, -0.25) is 4.79 Å². The molecule has 12 heteroatoms. The van der Waals surface area contributed by atoms with E-state index in [4.69, 9.17) is 21.3 Å². The summed E-state index contributed by atoms with van der Waals surface area (Å²) in [5, 5.41) is 9.13. The number of nitrogens with one attached hydrogen (secondary N) is 1. The number of rotatable bonds is 10. The van der Waals surface area contributed by atoms with Gasteiger partial charge >= 0.3 is 11.9 Å². The van der Waals surface area contributed by atoms with Crippen LogP contribution in [0.5, 0.6) is 5.75 Å². The van der Waals surface area contributed by atoms with Gasteiger partial charge in [0.1, 0.15) is 11.8 Å². The van der Waals surface area contributed by atoms with Crippen molar-refractivity contribution in [1.82, 2.24) is 9.03 Å². The average molecular weight is 464 g/mol. The molecule has 0 aromatic heterocycles. The standard InChI is InChI=1S/C20H25N5O6S/c1-3-17(18(26)27)25(2)32(29,30)23-12-13-4-10-16(11-5-13)31-19(28)14-6-8-15(9-7-14)24-20(21)22/h4-11,17,23H,3,12H2,1-2H3,(H,26,27)(H4,21,22,24)/t17-/m0/s1. The minimum Gasteiger partial charge on any atom is -0.480 e. The minimum absolute atomic E-state index is 0.0663. The van der Waals surface area contributed by atoms with Crippen LogP contribution in [0.4, 0.5) is 5.69 Å². The van der Waals surface area contributed by atoms with Crippen molar-refractivity contribution in [2.24, 2.45) is 16.5 Å². The van der Waals surface area contributed by atoms with Crippen LogP contribution >= 0.6 is 0 Å². The van der Waals surface area contributed by atoms with E-state index in [2.05, 4.69) is 9.71 Å². The zero-order chi connectivity index (χ0) is 23.9. The molecule has 0 spiro atoms. The molecule has 11 nitrogen and oxygen atoms in total. The third-order valence-corrected chi connectivity index (χ3v) is 5.97. The summed E-state index contributed by atoms with van der Waals surface area (Å²) >= 11 is 0. The smallest absolute Gasteiger partial charge is 0.343 e. The minimum atomic E-state index is -4.00. The Labute approximate surface area is 185 Å². The van der Waals surface area contributed by atoms with E-state index < -0.39 is 28.2 Å². The van der Waals surface area contributed by atoms with Crippen molar-refractivity contribution in [3.05, 3.63) is 59.7 Å². The van der Waals surface area contributed by atoms with Crippen LogP contribution < -0.4 is 20.9 Å². The fourth-order valence-corrected chi connectivity index (χ4v) is 3.82. The number of nitrogens with two attached hydrogens (primary N) is 2. The number of nitrogens with zero attached hydrogens (tertiary/aromatic N) is 2. The number of carbonyl (C=O) groups excluding carboxylic acids is 1. The number of ether oxygens (including phenoxy) is 1. The van der Waals surface area contributed by atoms with Crippen molar-refractivity contribution >= 4 is 33.8 Å².